The molecule has 5 rings (SSSR count). The van der Waals surface area contributed by atoms with E-state index in [4.69, 9.17) is 0 Å². The molecule has 0 N–H and O–H groups in total. The maximum absolute atomic E-state index is 14.1. The van der Waals surface area contributed by atoms with Crippen molar-refractivity contribution in [3.63, 3.8) is 0 Å². The van der Waals surface area contributed by atoms with Crippen LogP contribution in [-0.2, 0) is 19.0 Å². The molecule has 0 saturated heterocycles. The Hall–Kier alpha value is -2.98. The Morgan fingerprint density at radius 1 is 1.09 bits per heavy atom. The van der Waals surface area contributed by atoms with Crippen LogP contribution in [0.4, 0.5) is 17.6 Å². The van der Waals surface area contributed by atoms with E-state index in [1.807, 2.05) is 0 Å². The smallest absolute Gasteiger partial charge is 0.293 e. The molecule has 0 unspecified atom stereocenters. The number of aryl methyl sites for hydroxylation is 2. The van der Waals surface area contributed by atoms with Crippen LogP contribution in [-0.4, -0.2) is 21.1 Å². The second-order valence-corrected chi connectivity index (χ2v) is 10.2. The first-order valence-corrected chi connectivity index (χ1v) is 12.7. The number of thiophene rings is 1. The van der Waals surface area contributed by atoms with E-state index in [0.717, 1.165) is 58.2 Å². The van der Waals surface area contributed by atoms with Crippen molar-refractivity contribution in [3.05, 3.63) is 86.3 Å². The monoisotopic (exact) mass is 518 g/mol. The number of alkyl halides is 3. The van der Waals surface area contributed by atoms with Gasteiger partial charge in [-0.3, -0.25) is 14.2 Å². The molecular weight excluding hydrogens is 500 g/mol. The minimum Gasteiger partial charge on any atom is -0.293 e. The second kappa shape index (κ2) is 9.23. The Kier molecular flexibility index (Phi) is 6.27. The van der Waals surface area contributed by atoms with Crippen molar-refractivity contribution in [2.75, 3.05) is 5.75 Å². The minimum absolute atomic E-state index is 0.0100. The summed E-state index contributed by atoms with van der Waals surface area (Å²) in [6.07, 6.45) is -1.12. The summed E-state index contributed by atoms with van der Waals surface area (Å²) in [5.41, 5.74) is -0.535. The fraction of sp³-hybridized carbons (Fsp3) is 0.240. The summed E-state index contributed by atoms with van der Waals surface area (Å²) in [5, 5.41) is 0.511. The lowest BCUT2D eigenvalue weighted by atomic mass is 9.97. The summed E-state index contributed by atoms with van der Waals surface area (Å²) in [5.74, 6) is -1.41. The van der Waals surface area contributed by atoms with Gasteiger partial charge in [0.15, 0.2) is 10.9 Å². The molecule has 0 fully saturated rings. The van der Waals surface area contributed by atoms with Gasteiger partial charge in [0.05, 0.1) is 28.0 Å². The van der Waals surface area contributed by atoms with Crippen LogP contribution in [0.5, 0.6) is 0 Å². The van der Waals surface area contributed by atoms with E-state index >= 15 is 0 Å². The molecular formula is C25H18F4N2O2S2. The number of benzene rings is 2. The molecule has 0 bridgehead atoms. The molecule has 2 heterocycles. The summed E-state index contributed by atoms with van der Waals surface area (Å²) in [7, 11) is 0. The Balaban J connectivity index is 1.64. The van der Waals surface area contributed by atoms with Crippen molar-refractivity contribution in [3.8, 4) is 5.69 Å². The molecule has 1 aliphatic carbocycles. The van der Waals surface area contributed by atoms with E-state index in [1.165, 1.54) is 41.7 Å². The van der Waals surface area contributed by atoms with E-state index in [2.05, 4.69) is 4.98 Å². The van der Waals surface area contributed by atoms with E-state index in [9.17, 15) is 27.2 Å². The van der Waals surface area contributed by atoms with Crippen LogP contribution in [0, 0.1) is 5.82 Å². The van der Waals surface area contributed by atoms with Crippen LogP contribution in [0.3, 0.4) is 0 Å². The van der Waals surface area contributed by atoms with Crippen molar-refractivity contribution < 1.29 is 22.4 Å². The molecule has 2 aromatic heterocycles. The highest BCUT2D eigenvalue weighted by Gasteiger charge is 2.31. The normalized spacial score (nSPS) is 13.7. The molecule has 4 aromatic rings. The number of nitrogens with zero attached hydrogens (tertiary/aromatic N) is 2. The lowest BCUT2D eigenvalue weighted by Crippen LogP contribution is -2.23. The third kappa shape index (κ3) is 4.52. The van der Waals surface area contributed by atoms with Gasteiger partial charge in [0.25, 0.3) is 5.56 Å². The van der Waals surface area contributed by atoms with Crippen LogP contribution in [0.15, 0.2) is 58.5 Å². The van der Waals surface area contributed by atoms with Gasteiger partial charge in [-0.15, -0.1) is 11.3 Å². The van der Waals surface area contributed by atoms with Crippen molar-refractivity contribution in [2.24, 2.45) is 0 Å². The number of Topliss-reactive ketones (excluding diaryl/α,β-unsaturated/α-hetero) is 1. The first kappa shape index (κ1) is 23.7. The molecule has 0 amide bonds. The first-order chi connectivity index (χ1) is 16.7. The number of ketones is 1. The molecule has 0 saturated carbocycles. The highest BCUT2D eigenvalue weighted by Crippen LogP contribution is 2.36. The zero-order valence-corrected chi connectivity index (χ0v) is 19.8. The number of hydrogen-bond acceptors (Lipinski definition) is 5. The summed E-state index contributed by atoms with van der Waals surface area (Å²) in [4.78, 5) is 32.5. The predicted octanol–water partition coefficient (Wildman–Crippen LogP) is 6.46. The third-order valence-electron chi connectivity index (χ3n) is 5.90. The minimum atomic E-state index is -4.59. The van der Waals surface area contributed by atoms with Crippen LogP contribution in [0.1, 0.15) is 39.2 Å². The third-order valence-corrected chi connectivity index (χ3v) is 8.02. The summed E-state index contributed by atoms with van der Waals surface area (Å²) in [6.45, 7) is 0. The Morgan fingerprint density at radius 3 is 2.63 bits per heavy atom. The number of rotatable bonds is 5. The van der Waals surface area contributed by atoms with Crippen molar-refractivity contribution in [1.29, 1.82) is 0 Å². The highest BCUT2D eigenvalue weighted by atomic mass is 32.2. The topological polar surface area (TPSA) is 52.0 Å². The van der Waals surface area contributed by atoms with E-state index < -0.39 is 28.9 Å². The van der Waals surface area contributed by atoms with Gasteiger partial charge in [-0.05, 0) is 61.6 Å². The van der Waals surface area contributed by atoms with Crippen LogP contribution in [0.25, 0.3) is 15.9 Å². The van der Waals surface area contributed by atoms with E-state index in [1.54, 1.807) is 6.07 Å². The molecule has 0 aliphatic heterocycles. The van der Waals surface area contributed by atoms with Gasteiger partial charge in [0, 0.05) is 4.88 Å². The molecule has 4 nitrogen and oxygen atoms in total. The fourth-order valence-corrected chi connectivity index (χ4v) is 6.43. The van der Waals surface area contributed by atoms with E-state index in [-0.39, 0.29) is 22.2 Å². The lowest BCUT2D eigenvalue weighted by molar-refractivity contribution is -0.137. The number of hydrogen-bond donors (Lipinski definition) is 0. The zero-order valence-electron chi connectivity index (χ0n) is 18.2. The number of halogens is 4. The van der Waals surface area contributed by atoms with Crippen molar-refractivity contribution in [2.45, 2.75) is 37.0 Å². The molecule has 0 atom stereocenters. The highest BCUT2D eigenvalue weighted by molar-refractivity contribution is 7.99. The van der Waals surface area contributed by atoms with Crippen molar-refractivity contribution in [1.82, 2.24) is 9.55 Å². The average Bonchev–Trinajstić information content (AvgIpc) is 3.21. The molecule has 0 radical (unpaired) electrons. The Bertz CT molecular complexity index is 1510. The number of carbonyl (C=O) groups excluding carboxylic acids is 1. The molecule has 35 heavy (non-hydrogen) atoms. The SMILES string of the molecule is O=C(CSc1nc2sc3c(c2c(=O)n1-c1cccc(C(F)(F)F)c1)CCCC3)c1ccccc1F. The number of aromatic nitrogens is 2. The van der Waals surface area contributed by atoms with Gasteiger partial charge in [-0.25, -0.2) is 9.37 Å². The van der Waals surface area contributed by atoms with Crippen LogP contribution >= 0.6 is 23.1 Å². The second-order valence-electron chi connectivity index (χ2n) is 8.17. The van der Waals surface area contributed by atoms with Crippen molar-refractivity contribution >= 4 is 39.1 Å². The van der Waals surface area contributed by atoms with Crippen LogP contribution in [0.2, 0.25) is 0 Å². The zero-order chi connectivity index (χ0) is 24.7. The quantitative estimate of drug-likeness (QED) is 0.132. The standard InChI is InChI=1S/C25H18F4N2O2S2/c26-18-10-3-1-8-16(18)19(32)13-34-24-30-22-21(17-9-2-4-11-20(17)35-22)23(33)31(24)15-7-5-6-14(12-15)25(27,28)29/h1,3,5-8,10,12H,2,4,9,11,13H2. The molecule has 10 heteroatoms. The maximum atomic E-state index is 14.1. The first-order valence-electron chi connectivity index (χ1n) is 10.9. The molecule has 0 spiro atoms. The lowest BCUT2D eigenvalue weighted by Gasteiger charge is -2.15. The Morgan fingerprint density at radius 2 is 1.86 bits per heavy atom. The largest absolute Gasteiger partial charge is 0.416 e. The number of carbonyl (C=O) groups is 1. The van der Waals surface area contributed by atoms with Gasteiger partial charge >= 0.3 is 6.18 Å². The van der Waals surface area contributed by atoms with E-state index in [0.29, 0.717) is 16.6 Å². The van der Waals surface area contributed by atoms with Gasteiger partial charge in [0.1, 0.15) is 10.6 Å². The maximum Gasteiger partial charge on any atom is 0.416 e. The Labute approximate surface area is 205 Å². The summed E-state index contributed by atoms with van der Waals surface area (Å²) in [6, 6.07) is 10.0. The number of fused-ring (bicyclic) bond motifs is 3. The predicted molar refractivity (Wildman–Crippen MR) is 128 cm³/mol. The van der Waals surface area contributed by atoms with Crippen LogP contribution < -0.4 is 5.56 Å². The molecule has 180 valence electrons. The van der Waals surface area contributed by atoms with Gasteiger partial charge in [0.2, 0.25) is 0 Å². The average molecular weight is 519 g/mol. The fourth-order valence-electron chi connectivity index (χ4n) is 4.23. The molecule has 1 aliphatic rings. The number of thioether (sulfide) groups is 1. The summed E-state index contributed by atoms with van der Waals surface area (Å²) >= 11 is 2.31. The molecule has 2 aromatic carbocycles. The summed E-state index contributed by atoms with van der Waals surface area (Å²) < 4.78 is 55.4. The van der Waals surface area contributed by atoms with Gasteiger partial charge in [-0.2, -0.15) is 13.2 Å². The van der Waals surface area contributed by atoms with Gasteiger partial charge in [-0.1, -0.05) is 30.0 Å². The van der Waals surface area contributed by atoms with Gasteiger partial charge < -0.3 is 0 Å².